The fourth-order valence-corrected chi connectivity index (χ4v) is 3.33. The molecule has 2 N–H and O–H groups in total. The number of hydrogen-bond acceptors (Lipinski definition) is 6. The number of amides is 1. The van der Waals surface area contributed by atoms with Gasteiger partial charge in [-0.15, -0.1) is 0 Å². The van der Waals surface area contributed by atoms with Crippen molar-refractivity contribution in [1.29, 1.82) is 0 Å². The summed E-state index contributed by atoms with van der Waals surface area (Å²) in [7, 11) is 0. The van der Waals surface area contributed by atoms with Crippen LogP contribution in [0.5, 0.6) is 5.75 Å². The zero-order valence-corrected chi connectivity index (χ0v) is 17.9. The van der Waals surface area contributed by atoms with Crippen molar-refractivity contribution in [1.82, 2.24) is 4.98 Å². The molecule has 0 saturated carbocycles. The predicted molar refractivity (Wildman–Crippen MR) is 113 cm³/mol. The van der Waals surface area contributed by atoms with Crippen molar-refractivity contribution in [2.24, 2.45) is 5.92 Å². The molecule has 1 aromatic carbocycles. The smallest absolute Gasteiger partial charge is 0.253 e. The van der Waals surface area contributed by atoms with E-state index in [1.54, 1.807) is 12.1 Å². The predicted octanol–water partition coefficient (Wildman–Crippen LogP) is 3.46. The number of aromatic nitrogens is 1. The lowest BCUT2D eigenvalue weighted by atomic mass is 10.1. The van der Waals surface area contributed by atoms with Crippen molar-refractivity contribution in [3.05, 3.63) is 53.9 Å². The summed E-state index contributed by atoms with van der Waals surface area (Å²) in [6.45, 7) is 3.60. The highest BCUT2D eigenvalue weighted by Crippen LogP contribution is 2.22. The van der Waals surface area contributed by atoms with Crippen molar-refractivity contribution in [3.63, 3.8) is 0 Å². The zero-order valence-electron chi connectivity index (χ0n) is 17.9. The number of benzene rings is 1. The first kappa shape index (κ1) is 24.0. The van der Waals surface area contributed by atoms with Gasteiger partial charge in [-0.2, -0.15) is 4.39 Å². The number of nitrogens with one attached hydrogen (secondary N) is 1. The molecule has 1 amide bonds. The maximum atomic E-state index is 13.1. The van der Waals surface area contributed by atoms with Gasteiger partial charge >= 0.3 is 0 Å². The first-order valence-electron chi connectivity index (χ1n) is 10.6. The second-order valence-corrected chi connectivity index (χ2v) is 7.79. The number of rotatable bonds is 6. The maximum absolute atomic E-state index is 13.1. The van der Waals surface area contributed by atoms with E-state index < -0.39 is 11.6 Å². The third kappa shape index (κ3) is 6.94. The molecular weight excluding hydrogens is 422 g/mol. The van der Waals surface area contributed by atoms with E-state index in [2.05, 4.69) is 10.3 Å². The third-order valence-corrected chi connectivity index (χ3v) is 5.19. The van der Waals surface area contributed by atoms with Gasteiger partial charge in [0.15, 0.2) is 11.6 Å². The molecule has 7 nitrogen and oxygen atoms in total. The molecule has 0 radical (unpaired) electrons. The van der Waals surface area contributed by atoms with E-state index in [0.717, 1.165) is 31.9 Å². The summed E-state index contributed by atoms with van der Waals surface area (Å²) >= 11 is 0. The molecule has 1 aromatic heterocycles. The summed E-state index contributed by atoms with van der Waals surface area (Å²) in [6, 6.07) is 7.32. The second kappa shape index (κ2) is 11.8. The number of carbonyl (C=O) groups excluding carboxylic acids is 1. The Morgan fingerprint density at radius 3 is 2.72 bits per heavy atom. The van der Waals surface area contributed by atoms with E-state index in [1.165, 1.54) is 18.3 Å². The minimum atomic E-state index is -0.920. The molecule has 2 fully saturated rings. The van der Waals surface area contributed by atoms with Gasteiger partial charge in [0.2, 0.25) is 5.82 Å². The number of ether oxygens (including phenoxy) is 3. The van der Waals surface area contributed by atoms with E-state index in [1.807, 2.05) is 6.92 Å². The van der Waals surface area contributed by atoms with Crippen LogP contribution in [-0.2, 0) is 20.9 Å². The van der Waals surface area contributed by atoms with Gasteiger partial charge in [-0.05, 0) is 50.5 Å². The fourth-order valence-electron chi connectivity index (χ4n) is 3.33. The van der Waals surface area contributed by atoms with Gasteiger partial charge in [0, 0.05) is 12.5 Å². The van der Waals surface area contributed by atoms with E-state index >= 15 is 0 Å². The molecule has 0 spiro atoms. The highest BCUT2D eigenvalue weighted by Gasteiger charge is 2.28. The molecule has 0 aliphatic carbocycles. The van der Waals surface area contributed by atoms with Crippen LogP contribution in [0.15, 0.2) is 36.5 Å². The van der Waals surface area contributed by atoms with Crippen LogP contribution in [0.1, 0.15) is 31.9 Å². The van der Waals surface area contributed by atoms with Crippen LogP contribution >= 0.6 is 0 Å². The number of aliphatic hydroxyl groups excluding tert-OH is 1. The van der Waals surface area contributed by atoms with Crippen molar-refractivity contribution in [2.45, 2.75) is 45.0 Å². The van der Waals surface area contributed by atoms with Gasteiger partial charge in [0.25, 0.3) is 5.91 Å². The number of carbonyl (C=O) groups is 1. The standard InChI is InChI=1S/C12H16N2O3.C11H12F2O2/c1-8-2-5-11(17-8)12(16)14-9-3-4-10(7-15)13-6-9;12-9-2-1-3-10(11(9)13)15-7-8-4-5-14-6-8/h3-4,6,8,11,15H,2,5,7H2,1H3,(H,14,16);1-3,8H,4-7H2. The maximum Gasteiger partial charge on any atom is 0.253 e. The average Bonchev–Trinajstić information content (AvgIpc) is 3.48. The van der Waals surface area contributed by atoms with E-state index in [4.69, 9.17) is 19.3 Å². The fraction of sp³-hybridized carbons (Fsp3) is 0.478. The third-order valence-electron chi connectivity index (χ3n) is 5.19. The Kier molecular flexibility index (Phi) is 8.90. The minimum Gasteiger partial charge on any atom is -0.490 e. The Morgan fingerprint density at radius 1 is 1.25 bits per heavy atom. The molecule has 4 rings (SSSR count). The highest BCUT2D eigenvalue weighted by molar-refractivity contribution is 5.94. The summed E-state index contributed by atoms with van der Waals surface area (Å²) in [5.74, 6) is -1.67. The van der Waals surface area contributed by atoms with Gasteiger partial charge in [0.05, 0.1) is 43.5 Å². The Labute approximate surface area is 185 Å². The number of anilines is 1. The second-order valence-electron chi connectivity index (χ2n) is 7.79. The van der Waals surface area contributed by atoms with Crippen LogP contribution in [0.3, 0.4) is 0 Å². The number of pyridine rings is 1. The minimum absolute atomic E-state index is 0.0260. The molecule has 3 heterocycles. The Balaban J connectivity index is 0.000000182. The van der Waals surface area contributed by atoms with E-state index in [9.17, 15) is 13.6 Å². The van der Waals surface area contributed by atoms with E-state index in [-0.39, 0.29) is 36.4 Å². The first-order valence-corrected chi connectivity index (χ1v) is 10.6. The lowest BCUT2D eigenvalue weighted by Gasteiger charge is -2.11. The Bertz CT molecular complexity index is 875. The molecule has 2 aliphatic heterocycles. The lowest BCUT2D eigenvalue weighted by Crippen LogP contribution is -2.27. The van der Waals surface area contributed by atoms with Crippen LogP contribution in [0.25, 0.3) is 0 Å². The number of hydrogen-bond donors (Lipinski definition) is 2. The number of aliphatic hydroxyl groups is 1. The normalized spacial score (nSPS) is 22.2. The highest BCUT2D eigenvalue weighted by atomic mass is 19.2. The van der Waals surface area contributed by atoms with Gasteiger partial charge in [-0.3, -0.25) is 9.78 Å². The van der Waals surface area contributed by atoms with E-state index in [0.29, 0.717) is 24.6 Å². The molecular formula is C23H28F2N2O5. The zero-order chi connectivity index (χ0) is 22.9. The lowest BCUT2D eigenvalue weighted by molar-refractivity contribution is -0.126. The summed E-state index contributed by atoms with van der Waals surface area (Å²) in [5, 5.41) is 11.6. The average molecular weight is 450 g/mol. The summed E-state index contributed by atoms with van der Waals surface area (Å²) in [5.41, 5.74) is 1.20. The molecule has 2 saturated heterocycles. The summed E-state index contributed by atoms with van der Waals surface area (Å²) in [4.78, 5) is 15.8. The Morgan fingerprint density at radius 2 is 2.09 bits per heavy atom. The molecule has 9 heteroatoms. The van der Waals surface area contributed by atoms with Crippen LogP contribution in [-0.4, -0.2) is 48.0 Å². The number of halogens is 2. The molecule has 3 unspecified atom stereocenters. The first-order chi connectivity index (χ1) is 15.5. The molecule has 3 atom stereocenters. The quantitative estimate of drug-likeness (QED) is 0.701. The van der Waals surface area contributed by atoms with Crippen molar-refractivity contribution in [3.8, 4) is 5.75 Å². The van der Waals surface area contributed by atoms with Crippen LogP contribution in [0, 0.1) is 17.6 Å². The summed E-state index contributed by atoms with van der Waals surface area (Å²) in [6.07, 6.45) is 3.91. The largest absolute Gasteiger partial charge is 0.490 e. The SMILES string of the molecule is CC1CCC(C(=O)Nc2ccc(CO)nc2)O1.Fc1cccc(OCC2CCOC2)c1F. The van der Waals surface area contributed by atoms with Crippen LogP contribution < -0.4 is 10.1 Å². The number of nitrogens with zero attached hydrogens (tertiary/aromatic N) is 1. The molecule has 174 valence electrons. The topological polar surface area (TPSA) is 89.9 Å². The molecule has 2 aromatic rings. The summed E-state index contributed by atoms with van der Waals surface area (Å²) < 4.78 is 41.8. The van der Waals surface area contributed by atoms with Gasteiger partial charge < -0.3 is 24.6 Å². The van der Waals surface area contributed by atoms with Crippen LogP contribution in [0.2, 0.25) is 0 Å². The van der Waals surface area contributed by atoms with Crippen molar-refractivity contribution in [2.75, 3.05) is 25.1 Å². The Hall–Kier alpha value is -2.62. The monoisotopic (exact) mass is 450 g/mol. The van der Waals surface area contributed by atoms with Crippen LogP contribution in [0.4, 0.5) is 14.5 Å². The molecule has 32 heavy (non-hydrogen) atoms. The van der Waals surface area contributed by atoms with Gasteiger partial charge in [0.1, 0.15) is 6.10 Å². The molecule has 0 bridgehead atoms. The van der Waals surface area contributed by atoms with Gasteiger partial charge in [-0.1, -0.05) is 6.07 Å². The van der Waals surface area contributed by atoms with Gasteiger partial charge in [-0.25, -0.2) is 4.39 Å². The van der Waals surface area contributed by atoms with Crippen molar-refractivity contribution >= 4 is 11.6 Å². The van der Waals surface area contributed by atoms with Crippen molar-refractivity contribution < 1.29 is 32.9 Å². The molecule has 2 aliphatic rings.